The van der Waals surface area contributed by atoms with Gasteiger partial charge in [0, 0.05) is 13.1 Å². The molecule has 1 saturated heterocycles. The molecule has 0 bridgehead atoms. The van der Waals surface area contributed by atoms with Crippen molar-refractivity contribution < 1.29 is 18.9 Å². The highest BCUT2D eigenvalue weighted by atomic mass is 16.6. The molecule has 0 unspecified atom stereocenters. The van der Waals surface area contributed by atoms with E-state index in [0.29, 0.717) is 39.6 Å². The molecule has 0 aliphatic carbocycles. The minimum atomic E-state index is 0.630. The lowest BCUT2D eigenvalue weighted by Gasteiger charge is -2.21. The van der Waals surface area contributed by atoms with E-state index in [2.05, 4.69) is 11.8 Å². The molecule has 0 aromatic rings. The quantitative estimate of drug-likeness (QED) is 0.734. The normalized spacial score (nSPS) is 23.2. The van der Waals surface area contributed by atoms with Gasteiger partial charge in [0.2, 0.25) is 0 Å². The van der Waals surface area contributed by atoms with Crippen LogP contribution in [0.2, 0.25) is 0 Å². The Kier molecular flexibility index (Phi) is 10.5. The number of hydrogen-bond acceptors (Lipinski definition) is 5. The van der Waals surface area contributed by atoms with Gasteiger partial charge in [0.05, 0.1) is 52.9 Å². The summed E-state index contributed by atoms with van der Waals surface area (Å²) in [5.74, 6) is 0. The molecule has 1 aliphatic heterocycles. The summed E-state index contributed by atoms with van der Waals surface area (Å²) < 4.78 is 21.8. The van der Waals surface area contributed by atoms with E-state index in [4.69, 9.17) is 18.9 Å². The maximum Gasteiger partial charge on any atom is 0.0701 e. The first-order valence-corrected chi connectivity index (χ1v) is 6.97. The summed E-state index contributed by atoms with van der Waals surface area (Å²) in [6.45, 7) is 10.6. The third-order valence-corrected chi connectivity index (χ3v) is 2.76. The smallest absolute Gasteiger partial charge is 0.0701 e. The van der Waals surface area contributed by atoms with Gasteiger partial charge in [0.1, 0.15) is 0 Å². The molecule has 0 spiro atoms. The van der Waals surface area contributed by atoms with Gasteiger partial charge in [0.25, 0.3) is 0 Å². The fourth-order valence-electron chi connectivity index (χ4n) is 1.80. The Balaban J connectivity index is 2.20. The summed E-state index contributed by atoms with van der Waals surface area (Å²) in [7, 11) is 0. The lowest BCUT2D eigenvalue weighted by molar-refractivity contribution is 0.00206. The largest absolute Gasteiger partial charge is 0.378 e. The van der Waals surface area contributed by atoms with E-state index in [-0.39, 0.29) is 0 Å². The molecule has 0 aromatic carbocycles. The summed E-state index contributed by atoms with van der Waals surface area (Å²) in [6, 6.07) is 0. The van der Waals surface area contributed by atoms with E-state index in [1.807, 2.05) is 0 Å². The standard InChI is InChI=1S/C13H27NO4/c1-2-3-14-4-6-15-8-10-17-12-13-18-11-9-16-7-5-14/h2-13H2,1H3. The van der Waals surface area contributed by atoms with Crippen molar-refractivity contribution in [3.05, 3.63) is 0 Å². The van der Waals surface area contributed by atoms with Crippen LogP contribution in [0.1, 0.15) is 13.3 Å². The molecule has 0 saturated carbocycles. The lowest BCUT2D eigenvalue weighted by atomic mass is 10.4. The number of ether oxygens (including phenoxy) is 4. The third-order valence-electron chi connectivity index (χ3n) is 2.76. The first kappa shape index (κ1) is 15.9. The lowest BCUT2D eigenvalue weighted by Crippen LogP contribution is -2.32. The summed E-state index contributed by atoms with van der Waals surface area (Å²) in [6.07, 6.45) is 1.16. The Morgan fingerprint density at radius 1 is 0.667 bits per heavy atom. The van der Waals surface area contributed by atoms with Gasteiger partial charge < -0.3 is 18.9 Å². The Labute approximate surface area is 110 Å². The fraction of sp³-hybridized carbons (Fsp3) is 1.00. The van der Waals surface area contributed by atoms with Gasteiger partial charge in [-0.3, -0.25) is 4.90 Å². The summed E-state index contributed by atoms with van der Waals surface area (Å²) in [5.41, 5.74) is 0. The highest BCUT2D eigenvalue weighted by Gasteiger charge is 2.04. The zero-order chi connectivity index (χ0) is 12.9. The Bertz CT molecular complexity index is 164. The van der Waals surface area contributed by atoms with Crippen LogP contribution >= 0.6 is 0 Å². The van der Waals surface area contributed by atoms with Crippen molar-refractivity contribution in [2.24, 2.45) is 0 Å². The molecule has 0 N–H and O–H groups in total. The molecule has 1 heterocycles. The van der Waals surface area contributed by atoms with Crippen LogP contribution in [-0.4, -0.2) is 77.4 Å². The topological polar surface area (TPSA) is 40.2 Å². The second-order valence-electron chi connectivity index (χ2n) is 4.29. The molecule has 0 aromatic heterocycles. The van der Waals surface area contributed by atoms with Gasteiger partial charge in [0.15, 0.2) is 0 Å². The summed E-state index contributed by atoms with van der Waals surface area (Å²) >= 11 is 0. The molecule has 1 rings (SSSR count). The number of nitrogens with zero attached hydrogens (tertiary/aromatic N) is 1. The van der Waals surface area contributed by atoms with Gasteiger partial charge in [-0.05, 0) is 13.0 Å². The van der Waals surface area contributed by atoms with Crippen LogP contribution in [0.3, 0.4) is 0 Å². The zero-order valence-corrected chi connectivity index (χ0v) is 11.6. The fourth-order valence-corrected chi connectivity index (χ4v) is 1.80. The first-order chi connectivity index (χ1) is 8.93. The van der Waals surface area contributed by atoms with Crippen LogP contribution in [0.5, 0.6) is 0 Å². The molecule has 0 radical (unpaired) electrons. The van der Waals surface area contributed by atoms with Crippen molar-refractivity contribution in [2.45, 2.75) is 13.3 Å². The van der Waals surface area contributed by atoms with Gasteiger partial charge in [-0.15, -0.1) is 0 Å². The van der Waals surface area contributed by atoms with Crippen LogP contribution in [-0.2, 0) is 18.9 Å². The van der Waals surface area contributed by atoms with E-state index in [9.17, 15) is 0 Å². The van der Waals surface area contributed by atoms with Crippen LogP contribution < -0.4 is 0 Å². The molecule has 0 atom stereocenters. The maximum atomic E-state index is 5.54. The SMILES string of the molecule is CCCN1CCOCCOCCOCCOCC1. The monoisotopic (exact) mass is 261 g/mol. The van der Waals surface area contributed by atoms with Crippen LogP contribution in [0.15, 0.2) is 0 Å². The van der Waals surface area contributed by atoms with Crippen molar-refractivity contribution >= 4 is 0 Å². The average molecular weight is 261 g/mol. The first-order valence-electron chi connectivity index (χ1n) is 6.97. The zero-order valence-electron chi connectivity index (χ0n) is 11.6. The van der Waals surface area contributed by atoms with Gasteiger partial charge >= 0.3 is 0 Å². The minimum absolute atomic E-state index is 0.630. The maximum absolute atomic E-state index is 5.54. The molecule has 5 nitrogen and oxygen atoms in total. The molecular formula is C13H27NO4. The highest BCUT2D eigenvalue weighted by molar-refractivity contribution is 4.56. The van der Waals surface area contributed by atoms with Crippen LogP contribution in [0.4, 0.5) is 0 Å². The molecule has 5 heteroatoms. The second kappa shape index (κ2) is 11.9. The predicted octanol–water partition coefficient (Wildman–Crippen LogP) is 0.778. The highest BCUT2D eigenvalue weighted by Crippen LogP contribution is 1.93. The van der Waals surface area contributed by atoms with Crippen molar-refractivity contribution in [1.29, 1.82) is 0 Å². The molecule has 108 valence electrons. The number of rotatable bonds is 2. The Morgan fingerprint density at radius 3 is 1.44 bits per heavy atom. The predicted molar refractivity (Wildman–Crippen MR) is 70.0 cm³/mol. The van der Waals surface area contributed by atoms with Gasteiger partial charge in [-0.25, -0.2) is 0 Å². The van der Waals surface area contributed by atoms with E-state index in [1.54, 1.807) is 0 Å². The van der Waals surface area contributed by atoms with Crippen molar-refractivity contribution in [1.82, 2.24) is 4.90 Å². The number of hydrogen-bond donors (Lipinski definition) is 0. The van der Waals surface area contributed by atoms with Crippen molar-refractivity contribution in [2.75, 3.05) is 72.5 Å². The summed E-state index contributed by atoms with van der Waals surface area (Å²) in [5, 5.41) is 0. The average Bonchev–Trinajstić information content (AvgIpc) is 2.39. The van der Waals surface area contributed by atoms with E-state index in [0.717, 1.165) is 39.3 Å². The minimum Gasteiger partial charge on any atom is -0.378 e. The Morgan fingerprint density at radius 2 is 1.06 bits per heavy atom. The van der Waals surface area contributed by atoms with Crippen molar-refractivity contribution in [3.63, 3.8) is 0 Å². The van der Waals surface area contributed by atoms with Crippen LogP contribution in [0, 0.1) is 0 Å². The summed E-state index contributed by atoms with van der Waals surface area (Å²) in [4.78, 5) is 2.38. The van der Waals surface area contributed by atoms with Gasteiger partial charge in [-0.1, -0.05) is 6.92 Å². The molecular weight excluding hydrogens is 234 g/mol. The molecule has 18 heavy (non-hydrogen) atoms. The van der Waals surface area contributed by atoms with E-state index < -0.39 is 0 Å². The van der Waals surface area contributed by atoms with Gasteiger partial charge in [-0.2, -0.15) is 0 Å². The molecule has 1 aliphatic rings. The molecule has 0 amide bonds. The van der Waals surface area contributed by atoms with E-state index >= 15 is 0 Å². The molecule has 1 fully saturated rings. The second-order valence-corrected chi connectivity index (χ2v) is 4.29. The van der Waals surface area contributed by atoms with Crippen molar-refractivity contribution in [3.8, 4) is 0 Å². The van der Waals surface area contributed by atoms with Crippen LogP contribution in [0.25, 0.3) is 0 Å². The van der Waals surface area contributed by atoms with E-state index in [1.165, 1.54) is 0 Å². The third kappa shape index (κ3) is 8.83. The Hall–Kier alpha value is -0.200.